The number of hydrogen-bond donors (Lipinski definition) is 0. The van der Waals surface area contributed by atoms with Gasteiger partial charge in [-0.3, -0.25) is 0 Å². The minimum Gasteiger partial charge on any atom is -0.894 e. The molecule has 24 nitrogen and oxygen atoms in total. The van der Waals surface area contributed by atoms with Crippen molar-refractivity contribution in [3.63, 3.8) is 0 Å². The molecule has 0 aliphatic carbocycles. The summed E-state index contributed by atoms with van der Waals surface area (Å²) >= 11 is 0. The Labute approximate surface area is 1340 Å². The fourth-order valence-electron chi connectivity index (χ4n) is 0. The molecule has 192 valence electrons. The third-order valence-electron chi connectivity index (χ3n) is 0. The fourth-order valence-corrected chi connectivity index (χ4v) is 0. The van der Waals surface area contributed by atoms with E-state index in [1.54, 1.807) is 0 Å². The molecule has 0 aliphatic rings. The second kappa shape index (κ2) is 136. The van der Waals surface area contributed by atoms with Crippen molar-refractivity contribution in [1.82, 2.24) is 0 Å². The Bertz CT molecular complexity index is 261. The molecule has 0 aromatic heterocycles. The van der Waals surface area contributed by atoms with Gasteiger partial charge in [0.2, 0.25) is 0 Å². The minimum absolute atomic E-state index is 0. The van der Waals surface area contributed by atoms with E-state index in [9.17, 15) is 0 Å². The van der Waals surface area contributed by atoms with Gasteiger partial charge in [-0.2, -0.15) is 0 Å². The van der Waals surface area contributed by atoms with Crippen molar-refractivity contribution < 1.29 is 1350 Å². The first kappa shape index (κ1) is 198. The third kappa shape index (κ3) is 479. The normalized spacial score (nSPS) is 6.67. The van der Waals surface area contributed by atoms with E-state index in [-0.39, 0.29) is 1230 Å². The van der Waals surface area contributed by atoms with Crippen molar-refractivity contribution in [3.05, 3.63) is 0 Å². The Morgan fingerprint density at radius 3 is 0.0926 bits per heavy atom. The van der Waals surface area contributed by atoms with Gasteiger partial charge in [-0.15, -0.1) is 0 Å². The predicted octanol–water partition coefficient (Wildman–Crippen LogP) is -103. The molecule has 0 unspecified atom stereocenters. The van der Waals surface area contributed by atoms with E-state index in [4.69, 9.17) is 115 Å². The van der Waals surface area contributed by atoms with Crippen molar-refractivity contribution in [2.45, 2.75) is 0 Å². The van der Waals surface area contributed by atoms with Crippen LogP contribution >= 0.6 is 0 Å². The van der Waals surface area contributed by atoms with Crippen molar-refractivity contribution in [1.29, 1.82) is 0 Å². The van der Waals surface area contributed by atoms with Crippen molar-refractivity contribution >= 4 is 54.3 Å². The predicted molar refractivity (Wildman–Crippen MR) is 34.5 cm³/mol. The molecular weight excluding hydrogens is 1490 g/mol. The van der Waals surface area contributed by atoms with Crippen LogP contribution in [0.25, 0.3) is 0 Å². The molecule has 54 heavy (non-hydrogen) atoms. The zero-order valence-corrected chi connectivity index (χ0v) is 118. The van der Waals surface area contributed by atoms with E-state index >= 15 is 0 Å². The summed E-state index contributed by atoms with van der Waals surface area (Å²) in [4.78, 5) is 206. The Hall–Kier alpha value is 39.6. The third-order valence-corrected chi connectivity index (χ3v) is 0. The van der Waals surface area contributed by atoms with Gasteiger partial charge in [0.1, 0.15) is 0 Å². The zero-order chi connectivity index (χ0) is 27.0. The summed E-state index contributed by atoms with van der Waals surface area (Å²) in [6.07, 6.45) is 0. The number of hydrogen-bond acceptors (Lipinski definition) is 24. The van der Waals surface area contributed by atoms with Crippen LogP contribution in [0.3, 0.4) is 0 Å². The first-order valence-corrected chi connectivity index (χ1v) is 14.7. The van der Waals surface area contributed by atoms with Gasteiger partial charge in [-0.1, -0.05) is 0 Å². The molecular formula is K24O24Si6. The summed E-state index contributed by atoms with van der Waals surface area (Å²) < 4.78 is 0. The van der Waals surface area contributed by atoms with Gasteiger partial charge < -0.3 is 169 Å². The molecule has 0 radical (unpaired) electrons. The van der Waals surface area contributed by atoms with Crippen LogP contribution in [0.2, 0.25) is 0 Å². The van der Waals surface area contributed by atoms with Gasteiger partial charge in [-0.05, 0) is 0 Å². The monoisotopic (exact) mass is 1490 g/mol. The first-order valence-electron chi connectivity index (χ1n) is 4.90. The van der Waals surface area contributed by atoms with Crippen LogP contribution in [-0.4, -0.2) is 54.3 Å². The quantitative estimate of drug-likeness (QED) is 0.203. The maximum atomic E-state index is 8.58. The van der Waals surface area contributed by atoms with E-state index < -0.39 is 54.3 Å². The molecule has 0 aromatic rings. The van der Waals surface area contributed by atoms with Gasteiger partial charge in [-0.25, -0.2) is 0 Å². The van der Waals surface area contributed by atoms with Gasteiger partial charge in [0, 0.05) is 0 Å². The summed E-state index contributed by atoms with van der Waals surface area (Å²) in [5.41, 5.74) is 0. The number of rotatable bonds is 0. The average molecular weight is 1490 g/mol. The van der Waals surface area contributed by atoms with Gasteiger partial charge in [0.05, 0.1) is 0 Å². The molecule has 0 amide bonds. The van der Waals surface area contributed by atoms with E-state index in [2.05, 4.69) is 0 Å². The maximum absolute atomic E-state index is 8.58. The SMILES string of the molecule is [K+].[K+].[K+].[K+].[K+].[K+].[K+].[K+].[K+].[K+].[K+].[K+].[K+].[K+].[K+].[K+].[K+].[K+].[K+].[K+].[K+].[K+].[K+].[K+].[O-][Si]([O-])([O-])[O-].[O-][Si]([O-])([O-])[O-].[O-][Si]([O-])([O-])[O-].[O-][Si]([O-])([O-])[O-].[O-][Si]([O-])([O-])[O-].[O-][Si]([O-])([O-])[O-]. The Kier molecular flexibility index (Phi) is 500. The van der Waals surface area contributed by atoms with Crippen molar-refractivity contribution in [2.24, 2.45) is 0 Å². The second-order valence-corrected chi connectivity index (χ2v) is 9.00. The van der Waals surface area contributed by atoms with Crippen LogP contribution < -0.4 is 1350 Å². The summed E-state index contributed by atoms with van der Waals surface area (Å²) in [5, 5.41) is 0. The fraction of sp³-hybridized carbons (Fsp3) is 0. The first-order chi connectivity index (χ1) is 12.0. The summed E-state index contributed by atoms with van der Waals surface area (Å²) in [6.45, 7) is 0. The smallest absolute Gasteiger partial charge is 0.894 e. The van der Waals surface area contributed by atoms with Crippen LogP contribution in [0.4, 0.5) is 0 Å². The Morgan fingerprint density at radius 1 is 0.0926 bits per heavy atom. The molecule has 0 aromatic carbocycles. The standard InChI is InChI=1S/24K.6O4Si/c;;;;;;;;;;;;;;;;;;;;;;;;6*1-5(2,3)4/q24*+1;6*-4. The molecule has 0 rings (SSSR count). The summed E-state index contributed by atoms with van der Waals surface area (Å²) in [7, 11) is -33.7. The topological polar surface area (TPSA) is 553 Å². The van der Waals surface area contributed by atoms with Gasteiger partial charge >= 0.3 is 1230 Å². The molecule has 0 saturated heterocycles. The van der Waals surface area contributed by atoms with Gasteiger partial charge in [0.15, 0.2) is 0 Å². The maximum Gasteiger partial charge on any atom is 1.00 e. The van der Waals surface area contributed by atoms with E-state index in [0.29, 0.717) is 0 Å². The molecule has 0 N–H and O–H groups in total. The molecule has 0 fully saturated rings. The second-order valence-electron chi connectivity index (χ2n) is 3.00. The van der Waals surface area contributed by atoms with Crippen LogP contribution in [0, 0.1) is 0 Å². The van der Waals surface area contributed by atoms with E-state index in [1.807, 2.05) is 0 Å². The molecule has 54 heteroatoms. The molecule has 0 atom stereocenters. The van der Waals surface area contributed by atoms with Crippen LogP contribution in [0.1, 0.15) is 0 Å². The van der Waals surface area contributed by atoms with Crippen LogP contribution in [0.5, 0.6) is 0 Å². The van der Waals surface area contributed by atoms with Crippen LogP contribution in [0.15, 0.2) is 0 Å². The molecule has 0 aliphatic heterocycles. The summed E-state index contributed by atoms with van der Waals surface area (Å²) in [6, 6.07) is 0. The summed E-state index contributed by atoms with van der Waals surface area (Å²) in [5.74, 6) is 0. The minimum atomic E-state index is -5.61. The van der Waals surface area contributed by atoms with E-state index in [0.717, 1.165) is 0 Å². The van der Waals surface area contributed by atoms with Gasteiger partial charge in [0.25, 0.3) is 0 Å². The average Bonchev–Trinajstić information content (AvgIpc) is 1.94. The molecule has 0 saturated carbocycles. The Balaban J connectivity index is -0.00000000420. The van der Waals surface area contributed by atoms with Crippen LogP contribution in [-0.2, 0) is 0 Å². The van der Waals surface area contributed by atoms with E-state index in [1.165, 1.54) is 0 Å². The molecule has 0 spiro atoms. The zero-order valence-electron chi connectivity index (χ0n) is 36.8. The Morgan fingerprint density at radius 2 is 0.0926 bits per heavy atom. The largest absolute Gasteiger partial charge is 1.00 e. The molecule has 0 bridgehead atoms. The van der Waals surface area contributed by atoms with Crippen molar-refractivity contribution in [3.8, 4) is 0 Å². The molecule has 0 heterocycles. The van der Waals surface area contributed by atoms with Crippen molar-refractivity contribution in [2.75, 3.05) is 0 Å².